The monoisotopic (exact) mass is 421 g/mol. The molecule has 30 heavy (non-hydrogen) atoms. The van der Waals surface area contributed by atoms with Crippen molar-refractivity contribution in [3.05, 3.63) is 70.4 Å². The minimum absolute atomic E-state index is 0.0279. The van der Waals surface area contributed by atoms with E-state index in [1.54, 1.807) is 11.9 Å². The van der Waals surface area contributed by atoms with Gasteiger partial charge in [0.15, 0.2) is 0 Å². The number of carbonyl (C=O) groups is 2. The molecule has 1 fully saturated rings. The maximum absolute atomic E-state index is 13.5. The molecule has 3 atom stereocenters. The average Bonchev–Trinajstić information content (AvgIpc) is 3.29. The van der Waals surface area contributed by atoms with Gasteiger partial charge in [0.25, 0.3) is 0 Å². The van der Waals surface area contributed by atoms with Crippen molar-refractivity contribution in [2.24, 2.45) is 5.92 Å². The molecule has 6 heteroatoms. The molecule has 2 amide bonds. The number of aromatic nitrogens is 1. The van der Waals surface area contributed by atoms with Gasteiger partial charge in [0.05, 0.1) is 12.0 Å². The van der Waals surface area contributed by atoms with Gasteiger partial charge in [-0.2, -0.15) is 0 Å². The van der Waals surface area contributed by atoms with E-state index in [2.05, 4.69) is 24.0 Å². The van der Waals surface area contributed by atoms with Gasteiger partial charge >= 0.3 is 0 Å². The van der Waals surface area contributed by atoms with Gasteiger partial charge < -0.3 is 14.8 Å². The third-order valence-corrected chi connectivity index (χ3v) is 6.99. The van der Waals surface area contributed by atoms with Gasteiger partial charge in [-0.1, -0.05) is 48.0 Å². The number of carbonyl (C=O) groups excluding carboxylic acids is 2. The van der Waals surface area contributed by atoms with E-state index in [4.69, 9.17) is 11.6 Å². The summed E-state index contributed by atoms with van der Waals surface area (Å²) >= 11 is 6.61. The number of fused-ring (bicyclic) bond motifs is 3. The number of rotatable bonds is 2. The van der Waals surface area contributed by atoms with Crippen molar-refractivity contribution in [2.75, 3.05) is 20.1 Å². The first-order valence-corrected chi connectivity index (χ1v) is 10.7. The molecule has 5 rings (SSSR count). The van der Waals surface area contributed by atoms with Crippen LogP contribution < -0.4 is 0 Å². The Morgan fingerprint density at radius 3 is 2.57 bits per heavy atom. The lowest BCUT2D eigenvalue weighted by molar-refractivity contribution is -0.138. The summed E-state index contributed by atoms with van der Waals surface area (Å²) in [4.78, 5) is 32.7. The van der Waals surface area contributed by atoms with E-state index < -0.39 is 0 Å². The third kappa shape index (κ3) is 2.91. The molecule has 3 unspecified atom stereocenters. The summed E-state index contributed by atoms with van der Waals surface area (Å²) in [5.74, 6) is -0.240. The number of hydrogen-bond acceptors (Lipinski definition) is 2. The topological polar surface area (TPSA) is 56.4 Å². The molecule has 2 aromatic carbocycles. The molecule has 3 heterocycles. The van der Waals surface area contributed by atoms with Crippen LogP contribution in [0.2, 0.25) is 5.02 Å². The summed E-state index contributed by atoms with van der Waals surface area (Å²) in [6.07, 6.45) is 0.287. The van der Waals surface area contributed by atoms with Crippen molar-refractivity contribution in [3.63, 3.8) is 0 Å². The predicted octanol–water partition coefficient (Wildman–Crippen LogP) is 4.33. The molecular formula is C24H24ClN3O2. The van der Waals surface area contributed by atoms with Gasteiger partial charge in [-0.3, -0.25) is 9.59 Å². The molecule has 1 saturated heterocycles. The molecule has 2 aliphatic rings. The fraction of sp³-hybridized carbons (Fsp3) is 0.333. The van der Waals surface area contributed by atoms with Gasteiger partial charge in [0.2, 0.25) is 11.8 Å². The van der Waals surface area contributed by atoms with E-state index in [1.165, 1.54) is 10.9 Å². The number of nitrogens with one attached hydrogen (secondary N) is 1. The summed E-state index contributed by atoms with van der Waals surface area (Å²) in [6, 6.07) is 16.0. The maximum atomic E-state index is 13.5. The minimum atomic E-state index is -0.289. The number of likely N-dealkylation sites (tertiary alicyclic amines) is 1. The predicted molar refractivity (Wildman–Crippen MR) is 117 cm³/mol. The maximum Gasteiger partial charge on any atom is 0.228 e. The number of H-pyrrole nitrogens is 1. The highest BCUT2D eigenvalue weighted by Gasteiger charge is 2.42. The summed E-state index contributed by atoms with van der Waals surface area (Å²) in [6.45, 7) is 3.10. The van der Waals surface area contributed by atoms with Gasteiger partial charge in [-0.25, -0.2) is 0 Å². The van der Waals surface area contributed by atoms with Gasteiger partial charge in [0.1, 0.15) is 0 Å². The van der Waals surface area contributed by atoms with Crippen molar-refractivity contribution in [2.45, 2.75) is 25.3 Å². The minimum Gasteiger partial charge on any atom is -0.356 e. The van der Waals surface area contributed by atoms with Crippen LogP contribution in [-0.4, -0.2) is 46.7 Å². The van der Waals surface area contributed by atoms with Crippen LogP contribution in [0.3, 0.4) is 0 Å². The van der Waals surface area contributed by atoms with Gasteiger partial charge in [-0.15, -0.1) is 0 Å². The van der Waals surface area contributed by atoms with E-state index in [-0.39, 0.29) is 36.1 Å². The Kier molecular flexibility index (Phi) is 4.58. The molecule has 154 valence electrons. The molecule has 2 aliphatic heterocycles. The Balaban J connectivity index is 1.62. The van der Waals surface area contributed by atoms with Crippen molar-refractivity contribution in [3.8, 4) is 0 Å². The summed E-state index contributed by atoms with van der Waals surface area (Å²) in [5.41, 5.74) is 4.36. The molecule has 1 N–H and O–H groups in total. The van der Waals surface area contributed by atoms with Crippen molar-refractivity contribution in [1.29, 1.82) is 0 Å². The van der Waals surface area contributed by atoms with E-state index in [0.29, 0.717) is 18.1 Å². The Morgan fingerprint density at radius 1 is 1.10 bits per heavy atom. The van der Waals surface area contributed by atoms with Crippen LogP contribution in [0.4, 0.5) is 0 Å². The number of nitrogens with zero attached hydrogens (tertiary/aromatic N) is 2. The zero-order valence-corrected chi connectivity index (χ0v) is 17.8. The van der Waals surface area contributed by atoms with Crippen LogP contribution in [0, 0.1) is 5.92 Å². The van der Waals surface area contributed by atoms with E-state index >= 15 is 0 Å². The first-order chi connectivity index (χ1) is 14.5. The smallest absolute Gasteiger partial charge is 0.228 e. The van der Waals surface area contributed by atoms with Crippen LogP contribution >= 0.6 is 11.6 Å². The van der Waals surface area contributed by atoms with Crippen molar-refractivity contribution < 1.29 is 9.59 Å². The lowest BCUT2D eigenvalue weighted by Gasteiger charge is -2.39. The highest BCUT2D eigenvalue weighted by atomic mass is 35.5. The Morgan fingerprint density at radius 2 is 1.83 bits per heavy atom. The second-order valence-electron chi connectivity index (χ2n) is 8.41. The number of hydrogen-bond donors (Lipinski definition) is 1. The van der Waals surface area contributed by atoms with E-state index in [0.717, 1.165) is 16.8 Å². The quantitative estimate of drug-likeness (QED) is 0.669. The number of para-hydroxylation sites is 1. The van der Waals surface area contributed by atoms with E-state index in [9.17, 15) is 9.59 Å². The Labute approximate surface area is 180 Å². The number of amides is 2. The van der Waals surface area contributed by atoms with Crippen LogP contribution in [0.5, 0.6) is 0 Å². The van der Waals surface area contributed by atoms with E-state index in [1.807, 2.05) is 41.3 Å². The Hall–Kier alpha value is -2.79. The number of aromatic amines is 1. The second-order valence-corrected chi connectivity index (χ2v) is 8.82. The fourth-order valence-corrected chi connectivity index (χ4v) is 5.31. The van der Waals surface area contributed by atoms with Crippen LogP contribution in [0.25, 0.3) is 10.9 Å². The van der Waals surface area contributed by atoms with Gasteiger partial charge in [-0.05, 0) is 30.2 Å². The standard InChI is InChI=1S/C24H24ClN3O2/c1-14-23-22(17-8-4-6-10-20(17)26-23)18(16-7-3-5-9-19(16)25)13-28(14)24(30)15-11-21(29)27(2)12-15/h3-10,14-15,18,26H,11-13H2,1-2H3. The first-order valence-electron chi connectivity index (χ1n) is 10.3. The van der Waals surface area contributed by atoms with Crippen LogP contribution in [0.1, 0.15) is 42.1 Å². The lowest BCUT2D eigenvalue weighted by Crippen LogP contribution is -2.44. The zero-order chi connectivity index (χ0) is 21.0. The Bertz CT molecular complexity index is 1150. The first kappa shape index (κ1) is 19.2. The molecule has 0 aliphatic carbocycles. The fourth-order valence-electron chi connectivity index (χ4n) is 5.05. The highest BCUT2D eigenvalue weighted by molar-refractivity contribution is 6.31. The zero-order valence-electron chi connectivity index (χ0n) is 17.1. The van der Waals surface area contributed by atoms with Crippen LogP contribution in [-0.2, 0) is 9.59 Å². The summed E-state index contributed by atoms with van der Waals surface area (Å²) in [7, 11) is 1.76. The average molecular weight is 422 g/mol. The van der Waals surface area contributed by atoms with Crippen molar-refractivity contribution >= 4 is 34.3 Å². The third-order valence-electron chi connectivity index (χ3n) is 6.64. The summed E-state index contributed by atoms with van der Waals surface area (Å²) < 4.78 is 0. The lowest BCUT2D eigenvalue weighted by atomic mass is 9.83. The molecule has 3 aromatic rings. The molecule has 0 spiro atoms. The molecule has 1 aromatic heterocycles. The molecule has 0 bridgehead atoms. The van der Waals surface area contributed by atoms with Crippen LogP contribution in [0.15, 0.2) is 48.5 Å². The summed E-state index contributed by atoms with van der Waals surface area (Å²) in [5, 5.41) is 1.88. The normalized spacial score (nSPS) is 23.8. The molecular weight excluding hydrogens is 398 g/mol. The number of halogens is 1. The highest BCUT2D eigenvalue weighted by Crippen LogP contribution is 2.45. The molecule has 0 radical (unpaired) electrons. The SMILES string of the molecule is CC1c2[nH]c3ccccc3c2C(c2ccccc2Cl)CN1C(=O)C1CC(=O)N(C)C1. The number of benzene rings is 2. The molecule has 0 saturated carbocycles. The largest absolute Gasteiger partial charge is 0.356 e. The van der Waals surface area contributed by atoms with Gasteiger partial charge in [0, 0.05) is 54.1 Å². The second kappa shape index (κ2) is 7.17. The molecule has 5 nitrogen and oxygen atoms in total. The van der Waals surface area contributed by atoms with Crippen molar-refractivity contribution in [1.82, 2.24) is 14.8 Å².